The molecule has 0 bridgehead atoms. The van der Waals surface area contributed by atoms with Crippen molar-refractivity contribution in [1.29, 1.82) is 0 Å². The zero-order valence-corrected chi connectivity index (χ0v) is 97.1. The van der Waals surface area contributed by atoms with E-state index in [2.05, 4.69) is 247 Å². The molecule has 6 aromatic heterocycles. The van der Waals surface area contributed by atoms with E-state index in [1.165, 1.54) is 118 Å². The SMILES string of the molecule is CC(=O)C=C(C)O.CC(=O)C=C(C)O.CC(=O)C=C(C)O.CC(=O)C=C(C)O.CC(C)(C)c1ccc(-c2cnc3c4[c-]cccc4c4ccccc4c3n2)cc1.Cc1cc[c-]c(-c2cc(-c3cccc(C)c3)ncn2)c1.Cc1cnc(-c2[c-]ccc3c2oc2ccccc23)c(C)n1.[Ir].[Ir].[Ir].[Ir].[Ir].[c-]1cccc2c1c1ncc(-c3ccccc3)nc1c1ccccc21.[c-]1ccccc1-c1ncnc(-c2ccccc2)c1-c1ccccc1. The second kappa shape index (κ2) is 58.2. The van der Waals surface area contributed by atoms with E-state index >= 15 is 0 Å². The van der Waals surface area contributed by atoms with Crippen molar-refractivity contribution >= 4 is 110 Å². The molecule has 0 aliphatic carbocycles. The summed E-state index contributed by atoms with van der Waals surface area (Å²) < 4.78 is 6.02. The Labute approximate surface area is 941 Å². The van der Waals surface area contributed by atoms with Crippen molar-refractivity contribution in [2.45, 2.75) is 109 Å². The number of ketones is 4. The van der Waals surface area contributed by atoms with Crippen LogP contribution < -0.4 is 0 Å². The van der Waals surface area contributed by atoms with Gasteiger partial charge in [0.1, 0.15) is 18.2 Å². The summed E-state index contributed by atoms with van der Waals surface area (Å²) in [6, 6.07) is 121. The molecule has 4 N–H and O–H groups in total. The van der Waals surface area contributed by atoms with Gasteiger partial charge in [0.05, 0.1) is 68.1 Å². The maximum atomic E-state index is 10.0. The molecule has 21 aromatic rings. The van der Waals surface area contributed by atoms with Gasteiger partial charge in [-0.05, 0) is 138 Å². The molecule has 0 atom stereocenters. The van der Waals surface area contributed by atoms with Crippen molar-refractivity contribution in [3.05, 3.63) is 446 Å². The maximum absolute atomic E-state index is 10.0. The monoisotopic (exact) mass is 2870 g/mol. The second-order valence-corrected chi connectivity index (χ2v) is 35.2. The Morgan fingerprint density at radius 2 is 0.733 bits per heavy atom. The van der Waals surface area contributed by atoms with E-state index in [1.54, 1.807) is 18.9 Å². The zero-order chi connectivity index (χ0) is 103. The molecule has 0 saturated carbocycles. The number of carbonyl (C=O) groups is 4. The Morgan fingerprint density at radius 1 is 0.307 bits per heavy atom. The van der Waals surface area contributed by atoms with Crippen LogP contribution in [-0.2, 0) is 125 Å². The molecule has 0 aliphatic heterocycles. The average Bonchev–Trinajstić information content (AvgIpc) is 1.01. The largest absolute Gasteiger partial charge is 0.512 e. The molecule has 0 amide bonds. The molecule has 15 aromatic carbocycles. The van der Waals surface area contributed by atoms with Gasteiger partial charge in [0.2, 0.25) is 0 Å². The van der Waals surface area contributed by atoms with E-state index in [0.717, 1.165) is 167 Å². The van der Waals surface area contributed by atoms with Gasteiger partial charge >= 0.3 is 0 Å². The van der Waals surface area contributed by atoms with Gasteiger partial charge in [-0.15, -0.1) is 149 Å². The third-order valence-corrected chi connectivity index (χ3v) is 22.2. The summed E-state index contributed by atoms with van der Waals surface area (Å²) in [4.78, 5) is 86.5. The summed E-state index contributed by atoms with van der Waals surface area (Å²) in [5.41, 5.74) is 26.7. The van der Waals surface area contributed by atoms with Crippen molar-refractivity contribution in [2.24, 2.45) is 0 Å². The number of rotatable bonds is 12. The van der Waals surface area contributed by atoms with Crippen molar-refractivity contribution in [3.8, 4) is 89.9 Å². The molecule has 0 unspecified atom stereocenters. The first-order valence-corrected chi connectivity index (χ1v) is 46.9. The van der Waals surface area contributed by atoms with Crippen LogP contribution >= 0.6 is 0 Å². The molecule has 19 nitrogen and oxygen atoms in total. The topological polar surface area (TPSA) is 291 Å². The van der Waals surface area contributed by atoms with Crippen LogP contribution in [0.3, 0.4) is 0 Å². The van der Waals surface area contributed by atoms with Gasteiger partial charge in [0.15, 0.2) is 23.1 Å². The van der Waals surface area contributed by atoms with Gasteiger partial charge in [-0.1, -0.05) is 272 Å². The molecule has 24 heteroatoms. The van der Waals surface area contributed by atoms with Crippen LogP contribution in [0.4, 0.5) is 0 Å². The molecule has 150 heavy (non-hydrogen) atoms. The number of carbonyl (C=O) groups excluding carboxylic acids is 4. The van der Waals surface area contributed by atoms with E-state index in [4.69, 9.17) is 44.8 Å². The number of aromatic nitrogens is 10. The Bertz CT molecular complexity index is 8020. The number of nitrogens with zero attached hydrogens (tertiary/aromatic N) is 10. The third kappa shape index (κ3) is 33.1. The van der Waals surface area contributed by atoms with Gasteiger partial charge in [-0.3, -0.25) is 44.1 Å². The molecule has 0 aliphatic rings. The molecular weight excluding hydrogens is 2760 g/mol. The standard InChI is InChI=1S/C26H21N2.C22H13N2.C22H15N2.C18H13N2O.C18H15N2.4C5H8O2.5Ir/c1-26(2,3)18-14-12-17(13-15-18)23-16-27-24-21-10-6-4-8-19(21)20-9-5-7-11-22(20)25(24)28-23;1-2-8-15(9-3-1)20-14-23-21-18-12-6-4-10-16(18)17-11-5-7-13-19(17)22(21)24-20;1-4-10-17(11-5-1)20-21(18-12-6-2-7-13-18)23-16-24-22(20)19-14-8-3-9-15-19;1-11-10-19-17(12(2)20-11)15-8-5-7-14-13-6-3-4-9-16(13)21-18(14)15;1-13-5-3-7-15(9-13)17-11-18(20-12-19-17)16-8-4-6-14(2)10-16;4*1-4(6)3-5(2)7;;;;;/h4-9,11-16H,1-3H3;1-11,13-14H;1-14,16H;3-7,9-10H,1-2H3;3-7,9-12H,1-2H3;4*3,6H,1-2H3;;;;;/q5*-1;;;;;;;;;. The van der Waals surface area contributed by atoms with Gasteiger partial charge in [-0.25, -0.2) is 9.97 Å². The number of hydrogen-bond acceptors (Lipinski definition) is 19. The van der Waals surface area contributed by atoms with E-state index in [9.17, 15) is 19.2 Å². The summed E-state index contributed by atoms with van der Waals surface area (Å²) >= 11 is 0. The van der Waals surface area contributed by atoms with Gasteiger partial charge in [-0.2, -0.15) is 0 Å². The van der Waals surface area contributed by atoms with Crippen LogP contribution in [0.25, 0.3) is 177 Å². The van der Waals surface area contributed by atoms with Gasteiger partial charge < -0.3 is 39.8 Å². The minimum atomic E-state index is -0.125. The van der Waals surface area contributed by atoms with Crippen LogP contribution in [0.1, 0.15) is 104 Å². The molecule has 5 radical (unpaired) electrons. The quantitative estimate of drug-likeness (QED) is 0.0382. The van der Waals surface area contributed by atoms with Crippen LogP contribution in [0, 0.1) is 58.0 Å². The van der Waals surface area contributed by atoms with Crippen molar-refractivity contribution in [1.82, 2.24) is 49.8 Å². The Hall–Kier alpha value is -14.9. The van der Waals surface area contributed by atoms with Crippen LogP contribution in [0.2, 0.25) is 0 Å². The normalized spacial score (nSPS) is 10.9. The van der Waals surface area contributed by atoms with Crippen LogP contribution in [-0.4, -0.2) is 93.4 Å². The Kier molecular flexibility index (Phi) is 46.7. The molecule has 767 valence electrons. The number of para-hydroxylation sites is 1. The minimum Gasteiger partial charge on any atom is -0.512 e. The van der Waals surface area contributed by atoms with E-state index in [1.807, 2.05) is 184 Å². The fraction of sp³-hybridized carbons (Fsp3) is 0.127. The zero-order valence-electron chi connectivity index (χ0n) is 85.1. The van der Waals surface area contributed by atoms with Crippen molar-refractivity contribution < 1.29 is 145 Å². The molecule has 6 heterocycles. The summed E-state index contributed by atoms with van der Waals surface area (Å²) in [5, 5.41) is 44.7. The second-order valence-electron chi connectivity index (χ2n) is 35.2. The average molecular weight is 2870 g/mol. The first-order valence-electron chi connectivity index (χ1n) is 46.9. The number of aliphatic hydroxyl groups is 4. The first-order chi connectivity index (χ1) is 69.8. The summed E-state index contributed by atoms with van der Waals surface area (Å²) in [6.07, 6.45) is 13.4. The van der Waals surface area contributed by atoms with Crippen LogP contribution in [0.15, 0.2) is 392 Å². The van der Waals surface area contributed by atoms with Crippen molar-refractivity contribution in [2.75, 3.05) is 0 Å². The summed E-state index contributed by atoms with van der Waals surface area (Å²) in [6.45, 7) is 26.1. The number of benzene rings is 15. The predicted octanol–water partition coefficient (Wildman–Crippen LogP) is 30.2. The number of hydrogen-bond donors (Lipinski definition) is 4. The summed E-state index contributed by atoms with van der Waals surface area (Å²) in [7, 11) is 0. The smallest absolute Gasteiger partial charge is 0.155 e. The first kappa shape index (κ1) is 120. The summed E-state index contributed by atoms with van der Waals surface area (Å²) in [5.74, 6) is -0.250. The maximum Gasteiger partial charge on any atom is 0.155 e. The van der Waals surface area contributed by atoms with E-state index in [0.29, 0.717) is 0 Å². The van der Waals surface area contributed by atoms with Gasteiger partial charge in [0, 0.05) is 188 Å². The predicted molar refractivity (Wildman–Crippen MR) is 586 cm³/mol. The minimum absolute atomic E-state index is 0. The van der Waals surface area contributed by atoms with E-state index < -0.39 is 0 Å². The number of furan rings is 1. The van der Waals surface area contributed by atoms with E-state index in [-0.39, 0.29) is 152 Å². The Balaban J connectivity index is 0.000000213. The molecule has 0 fully saturated rings. The fourth-order valence-electron chi connectivity index (χ4n) is 16.0. The molecule has 0 saturated heterocycles. The number of fused-ring (bicyclic) bond motifs is 15. The Morgan fingerprint density at radius 3 is 1.21 bits per heavy atom. The third-order valence-electron chi connectivity index (χ3n) is 22.2. The molecule has 21 rings (SSSR count). The fourth-order valence-corrected chi connectivity index (χ4v) is 16.0. The molecule has 0 spiro atoms. The van der Waals surface area contributed by atoms with Crippen molar-refractivity contribution in [3.63, 3.8) is 0 Å². The van der Waals surface area contributed by atoms with Crippen LogP contribution in [0.5, 0.6) is 0 Å². The van der Waals surface area contributed by atoms with Gasteiger partial charge in [0.25, 0.3) is 0 Å². The number of aliphatic hydroxyl groups excluding tert-OH is 4. The molecular formula is C126H109Ir5N10O9-5. The number of allylic oxidation sites excluding steroid dienone is 8. The number of aryl methyl sites for hydroxylation is 4.